The highest BCUT2D eigenvalue weighted by molar-refractivity contribution is 7.99. The minimum absolute atomic E-state index is 0.0961. The van der Waals surface area contributed by atoms with Crippen LogP contribution in [-0.4, -0.2) is 46.9 Å². The van der Waals surface area contributed by atoms with Crippen LogP contribution in [0, 0.1) is 6.92 Å². The molecule has 0 aliphatic carbocycles. The van der Waals surface area contributed by atoms with Gasteiger partial charge in [-0.05, 0) is 19.9 Å². The van der Waals surface area contributed by atoms with Crippen molar-refractivity contribution in [2.45, 2.75) is 13.8 Å². The average molecular weight is 265 g/mol. The van der Waals surface area contributed by atoms with E-state index in [-0.39, 0.29) is 5.91 Å². The first-order valence-electron chi connectivity index (χ1n) is 6.30. The van der Waals surface area contributed by atoms with Crippen molar-refractivity contribution in [1.82, 2.24) is 9.88 Å². The first kappa shape index (κ1) is 13.2. The Hall–Kier alpha value is -1.23. The lowest BCUT2D eigenvalue weighted by Gasteiger charge is -2.27. The molecular formula is C13H19N3OS. The first-order chi connectivity index (χ1) is 8.72. The summed E-state index contributed by atoms with van der Waals surface area (Å²) in [4.78, 5) is 18.6. The quantitative estimate of drug-likeness (QED) is 0.908. The highest BCUT2D eigenvalue weighted by Gasteiger charge is 2.21. The molecule has 1 N–H and O–H groups in total. The third-order valence-electron chi connectivity index (χ3n) is 2.94. The SMILES string of the molecule is CCNc1cc(C)ncc1C(=O)N1CCSCC1. The van der Waals surface area contributed by atoms with E-state index in [1.165, 1.54) is 0 Å². The van der Waals surface area contributed by atoms with Crippen LogP contribution in [0.5, 0.6) is 0 Å². The zero-order chi connectivity index (χ0) is 13.0. The Morgan fingerprint density at radius 2 is 2.22 bits per heavy atom. The summed E-state index contributed by atoms with van der Waals surface area (Å²) in [5.74, 6) is 2.15. The predicted molar refractivity (Wildman–Crippen MR) is 76.4 cm³/mol. The van der Waals surface area contributed by atoms with Gasteiger partial charge < -0.3 is 10.2 Å². The van der Waals surface area contributed by atoms with Gasteiger partial charge in [0.2, 0.25) is 0 Å². The number of carbonyl (C=O) groups is 1. The molecule has 0 unspecified atom stereocenters. The maximum Gasteiger partial charge on any atom is 0.257 e. The topological polar surface area (TPSA) is 45.2 Å². The molecule has 1 aliphatic rings. The molecule has 0 aromatic carbocycles. The van der Waals surface area contributed by atoms with Crippen LogP contribution < -0.4 is 5.32 Å². The molecular weight excluding hydrogens is 246 g/mol. The number of hydrogen-bond acceptors (Lipinski definition) is 4. The molecule has 0 spiro atoms. The van der Waals surface area contributed by atoms with E-state index in [2.05, 4.69) is 10.3 Å². The van der Waals surface area contributed by atoms with Crippen molar-refractivity contribution in [3.8, 4) is 0 Å². The number of rotatable bonds is 3. The molecule has 4 nitrogen and oxygen atoms in total. The standard InChI is InChI=1S/C13H19N3OS/c1-3-14-12-8-10(2)15-9-11(12)13(17)16-4-6-18-7-5-16/h8-9H,3-7H2,1-2H3,(H,14,15). The number of aromatic nitrogens is 1. The van der Waals surface area contributed by atoms with Crippen LogP contribution in [0.4, 0.5) is 5.69 Å². The molecule has 2 rings (SSSR count). The van der Waals surface area contributed by atoms with Crippen molar-refractivity contribution in [3.63, 3.8) is 0 Å². The number of hydrogen-bond donors (Lipinski definition) is 1. The number of pyridine rings is 1. The lowest BCUT2D eigenvalue weighted by molar-refractivity contribution is 0.0773. The normalized spacial score (nSPS) is 15.6. The van der Waals surface area contributed by atoms with Gasteiger partial charge in [-0.2, -0.15) is 11.8 Å². The summed E-state index contributed by atoms with van der Waals surface area (Å²) in [5, 5.41) is 3.24. The number of anilines is 1. The van der Waals surface area contributed by atoms with Crippen LogP contribution >= 0.6 is 11.8 Å². The van der Waals surface area contributed by atoms with Crippen LogP contribution in [-0.2, 0) is 0 Å². The molecule has 1 aromatic heterocycles. The van der Waals surface area contributed by atoms with E-state index >= 15 is 0 Å². The maximum atomic E-state index is 12.4. The fourth-order valence-corrected chi connectivity index (χ4v) is 2.91. The van der Waals surface area contributed by atoms with Gasteiger partial charge in [-0.3, -0.25) is 9.78 Å². The second kappa shape index (κ2) is 6.09. The van der Waals surface area contributed by atoms with Crippen LogP contribution in [0.2, 0.25) is 0 Å². The summed E-state index contributed by atoms with van der Waals surface area (Å²) in [6.45, 7) is 6.44. The van der Waals surface area contributed by atoms with Gasteiger partial charge in [0.1, 0.15) is 0 Å². The van der Waals surface area contributed by atoms with E-state index in [9.17, 15) is 4.79 Å². The smallest absolute Gasteiger partial charge is 0.257 e. The zero-order valence-electron chi connectivity index (χ0n) is 10.9. The Morgan fingerprint density at radius 3 is 2.89 bits per heavy atom. The molecule has 0 radical (unpaired) electrons. The van der Waals surface area contributed by atoms with Gasteiger partial charge in [-0.25, -0.2) is 0 Å². The number of nitrogens with zero attached hydrogens (tertiary/aromatic N) is 2. The van der Waals surface area contributed by atoms with Gasteiger partial charge in [0.15, 0.2) is 0 Å². The summed E-state index contributed by atoms with van der Waals surface area (Å²) in [6, 6.07) is 1.94. The molecule has 1 fully saturated rings. The number of amides is 1. The fourth-order valence-electron chi connectivity index (χ4n) is 2.00. The summed E-state index contributed by atoms with van der Waals surface area (Å²) in [5.41, 5.74) is 2.51. The third-order valence-corrected chi connectivity index (χ3v) is 3.88. The van der Waals surface area contributed by atoms with E-state index in [1.54, 1.807) is 6.20 Å². The van der Waals surface area contributed by atoms with Gasteiger partial charge in [0.25, 0.3) is 5.91 Å². The van der Waals surface area contributed by atoms with Crippen LogP contribution in [0.1, 0.15) is 23.0 Å². The first-order valence-corrected chi connectivity index (χ1v) is 7.45. The molecule has 1 amide bonds. The largest absolute Gasteiger partial charge is 0.385 e. The molecule has 5 heteroatoms. The second-order valence-corrected chi connectivity index (χ2v) is 5.53. The lowest BCUT2D eigenvalue weighted by Crippen LogP contribution is -2.38. The number of carbonyl (C=O) groups excluding carboxylic acids is 1. The average Bonchev–Trinajstić information content (AvgIpc) is 2.40. The molecule has 98 valence electrons. The monoisotopic (exact) mass is 265 g/mol. The summed E-state index contributed by atoms with van der Waals surface area (Å²) in [7, 11) is 0. The van der Waals surface area contributed by atoms with E-state index in [0.29, 0.717) is 5.56 Å². The molecule has 0 saturated carbocycles. The summed E-state index contributed by atoms with van der Waals surface area (Å²) >= 11 is 1.90. The molecule has 18 heavy (non-hydrogen) atoms. The Labute approximate surface area is 112 Å². The van der Waals surface area contributed by atoms with Crippen molar-refractivity contribution >= 4 is 23.4 Å². The van der Waals surface area contributed by atoms with E-state index in [1.807, 2.05) is 36.6 Å². The van der Waals surface area contributed by atoms with Gasteiger partial charge in [0.05, 0.1) is 11.3 Å². The molecule has 2 heterocycles. The molecule has 0 bridgehead atoms. The van der Waals surface area contributed by atoms with Crippen LogP contribution in [0.15, 0.2) is 12.3 Å². The maximum absolute atomic E-state index is 12.4. The molecule has 1 aliphatic heterocycles. The van der Waals surface area contributed by atoms with Gasteiger partial charge in [-0.15, -0.1) is 0 Å². The second-order valence-electron chi connectivity index (χ2n) is 4.31. The van der Waals surface area contributed by atoms with E-state index in [0.717, 1.165) is 42.5 Å². The van der Waals surface area contributed by atoms with Crippen molar-refractivity contribution in [2.75, 3.05) is 36.5 Å². The zero-order valence-corrected chi connectivity index (χ0v) is 11.7. The molecule has 0 atom stereocenters. The van der Waals surface area contributed by atoms with Crippen molar-refractivity contribution < 1.29 is 4.79 Å². The van der Waals surface area contributed by atoms with Crippen molar-refractivity contribution in [1.29, 1.82) is 0 Å². The molecule has 1 saturated heterocycles. The van der Waals surface area contributed by atoms with Crippen LogP contribution in [0.3, 0.4) is 0 Å². The number of nitrogens with one attached hydrogen (secondary N) is 1. The minimum atomic E-state index is 0.0961. The van der Waals surface area contributed by atoms with Gasteiger partial charge in [0, 0.05) is 43.0 Å². The Kier molecular flexibility index (Phi) is 4.47. The Morgan fingerprint density at radius 1 is 1.50 bits per heavy atom. The Bertz CT molecular complexity index is 430. The van der Waals surface area contributed by atoms with Crippen molar-refractivity contribution in [2.24, 2.45) is 0 Å². The van der Waals surface area contributed by atoms with Gasteiger partial charge >= 0.3 is 0 Å². The number of thioether (sulfide) groups is 1. The van der Waals surface area contributed by atoms with Crippen molar-refractivity contribution in [3.05, 3.63) is 23.5 Å². The van der Waals surface area contributed by atoms with Gasteiger partial charge in [-0.1, -0.05) is 0 Å². The highest BCUT2D eigenvalue weighted by atomic mass is 32.2. The van der Waals surface area contributed by atoms with E-state index < -0.39 is 0 Å². The summed E-state index contributed by atoms with van der Waals surface area (Å²) in [6.07, 6.45) is 1.69. The minimum Gasteiger partial charge on any atom is -0.385 e. The summed E-state index contributed by atoms with van der Waals surface area (Å²) < 4.78 is 0. The highest BCUT2D eigenvalue weighted by Crippen LogP contribution is 2.19. The predicted octanol–water partition coefficient (Wildman–Crippen LogP) is 2.01. The fraction of sp³-hybridized carbons (Fsp3) is 0.538. The third kappa shape index (κ3) is 2.96. The van der Waals surface area contributed by atoms with E-state index in [4.69, 9.17) is 0 Å². The van der Waals surface area contributed by atoms with Crippen LogP contribution in [0.25, 0.3) is 0 Å². The Balaban J connectivity index is 2.22. The molecule has 1 aromatic rings. The number of aryl methyl sites for hydroxylation is 1. The lowest BCUT2D eigenvalue weighted by atomic mass is 10.1.